The number of aromatic nitrogens is 1. The number of aryl methyl sites for hydroxylation is 2. The Labute approximate surface area is 153 Å². The Kier molecular flexibility index (Phi) is 4.94. The third-order valence-corrected chi connectivity index (χ3v) is 4.88. The molecule has 1 N–H and O–H groups in total. The average Bonchev–Trinajstić information content (AvgIpc) is 3.15. The van der Waals surface area contributed by atoms with Crippen LogP contribution in [0.15, 0.2) is 22.6 Å². The summed E-state index contributed by atoms with van der Waals surface area (Å²) in [5.41, 5.74) is 1.81. The first-order valence-corrected chi connectivity index (χ1v) is 8.79. The Morgan fingerprint density at radius 2 is 2.08 bits per heavy atom. The topological polar surface area (TPSA) is 90.7 Å². The maximum absolute atomic E-state index is 12.6. The van der Waals surface area contributed by atoms with Crippen molar-refractivity contribution in [1.82, 2.24) is 4.98 Å². The van der Waals surface area contributed by atoms with E-state index >= 15 is 0 Å². The van der Waals surface area contributed by atoms with Crippen LogP contribution in [0.3, 0.4) is 0 Å². The molecular weight excluding hydrogens is 356 g/mol. The molecule has 0 saturated heterocycles. The zero-order valence-corrected chi connectivity index (χ0v) is 15.7. The van der Waals surface area contributed by atoms with Crippen LogP contribution in [0.2, 0.25) is 0 Å². The molecule has 3 aromatic rings. The number of hydrogen-bond donors (Lipinski definition) is 1. The van der Waals surface area contributed by atoms with Crippen LogP contribution in [-0.4, -0.2) is 30.6 Å². The molecule has 0 atom stereocenters. The van der Waals surface area contributed by atoms with Gasteiger partial charge < -0.3 is 13.9 Å². The molecule has 0 aliphatic carbocycles. The predicted molar refractivity (Wildman–Crippen MR) is 98.3 cm³/mol. The molecule has 0 fully saturated rings. The van der Waals surface area contributed by atoms with Gasteiger partial charge in [0.05, 0.1) is 19.4 Å². The Morgan fingerprint density at radius 3 is 2.77 bits per heavy atom. The van der Waals surface area contributed by atoms with Crippen molar-refractivity contribution < 1.29 is 23.5 Å². The molecule has 0 aliphatic rings. The third kappa shape index (κ3) is 3.28. The monoisotopic (exact) mass is 374 g/mol. The number of nitrogens with one attached hydrogen (secondary N) is 1. The summed E-state index contributed by atoms with van der Waals surface area (Å²) in [5, 5.41) is 3.80. The molecule has 0 aliphatic heterocycles. The molecule has 1 aromatic carbocycles. The molecular formula is C18H18N2O5S. The van der Waals surface area contributed by atoms with Crippen LogP contribution in [0.4, 0.5) is 5.13 Å². The smallest absolute Gasteiger partial charge is 0.350 e. The lowest BCUT2D eigenvalue weighted by atomic mass is 10.1. The molecule has 0 radical (unpaired) electrons. The summed E-state index contributed by atoms with van der Waals surface area (Å²) >= 11 is 1.07. The Morgan fingerprint density at radius 1 is 1.31 bits per heavy atom. The fourth-order valence-electron chi connectivity index (χ4n) is 2.53. The molecule has 1 amide bonds. The predicted octanol–water partition coefficient (Wildman–Crippen LogP) is 3.94. The van der Waals surface area contributed by atoms with Gasteiger partial charge in [-0.1, -0.05) is 11.3 Å². The van der Waals surface area contributed by atoms with E-state index in [9.17, 15) is 9.59 Å². The molecule has 0 spiro atoms. The lowest BCUT2D eigenvalue weighted by Gasteiger charge is -1.99. The number of amides is 1. The molecule has 0 unspecified atom stereocenters. The molecule has 0 bridgehead atoms. The van der Waals surface area contributed by atoms with E-state index in [0.717, 1.165) is 16.7 Å². The highest BCUT2D eigenvalue weighted by Gasteiger charge is 2.22. The van der Waals surface area contributed by atoms with Crippen LogP contribution in [0.5, 0.6) is 5.75 Å². The number of anilines is 1. The minimum atomic E-state index is -0.449. The lowest BCUT2D eigenvalue weighted by Crippen LogP contribution is -2.11. The maximum atomic E-state index is 12.6. The standard InChI is InChI=1S/C18H18N2O5S/c1-5-24-17(22)15-10(3)19-18(26-15)20-16(21)14-9(2)12-8-11(23-4)6-7-13(12)25-14/h6-8H,5H2,1-4H3,(H,19,20,21). The van der Waals surface area contributed by atoms with Crippen molar-refractivity contribution in [3.63, 3.8) is 0 Å². The summed E-state index contributed by atoms with van der Waals surface area (Å²) in [6.07, 6.45) is 0. The molecule has 0 saturated carbocycles. The quantitative estimate of drug-likeness (QED) is 0.680. The Hall–Kier alpha value is -2.87. The summed E-state index contributed by atoms with van der Waals surface area (Å²) < 4.78 is 15.9. The highest BCUT2D eigenvalue weighted by Crippen LogP contribution is 2.30. The van der Waals surface area contributed by atoms with Gasteiger partial charge in [0.15, 0.2) is 10.9 Å². The Balaban J connectivity index is 1.87. The number of benzene rings is 1. The van der Waals surface area contributed by atoms with Gasteiger partial charge in [-0.05, 0) is 39.0 Å². The van der Waals surface area contributed by atoms with Crippen LogP contribution in [-0.2, 0) is 4.74 Å². The SMILES string of the molecule is CCOC(=O)c1sc(NC(=O)c2oc3ccc(OC)cc3c2C)nc1C. The van der Waals surface area contributed by atoms with Crippen molar-refractivity contribution in [2.45, 2.75) is 20.8 Å². The minimum Gasteiger partial charge on any atom is -0.497 e. The second-order valence-electron chi connectivity index (χ2n) is 5.53. The number of ether oxygens (including phenoxy) is 2. The normalized spacial score (nSPS) is 10.8. The van der Waals surface area contributed by atoms with Gasteiger partial charge in [0.1, 0.15) is 16.2 Å². The van der Waals surface area contributed by atoms with Crippen LogP contribution in [0.1, 0.15) is 38.4 Å². The van der Waals surface area contributed by atoms with Gasteiger partial charge in [-0.2, -0.15) is 0 Å². The van der Waals surface area contributed by atoms with Crippen molar-refractivity contribution >= 4 is 39.3 Å². The number of methoxy groups -OCH3 is 1. The van der Waals surface area contributed by atoms with Gasteiger partial charge in [0.2, 0.25) is 0 Å². The third-order valence-electron chi connectivity index (χ3n) is 3.83. The maximum Gasteiger partial charge on any atom is 0.350 e. The first-order valence-electron chi connectivity index (χ1n) is 7.97. The summed E-state index contributed by atoms with van der Waals surface area (Å²) in [4.78, 5) is 29.0. The van der Waals surface area contributed by atoms with Gasteiger partial charge in [0.25, 0.3) is 5.91 Å². The number of thiazole rings is 1. The van der Waals surface area contributed by atoms with Gasteiger partial charge in [-0.3, -0.25) is 10.1 Å². The van der Waals surface area contributed by atoms with E-state index in [1.165, 1.54) is 0 Å². The fourth-order valence-corrected chi connectivity index (χ4v) is 3.39. The zero-order valence-electron chi connectivity index (χ0n) is 14.8. The van der Waals surface area contributed by atoms with E-state index in [-0.39, 0.29) is 12.4 Å². The van der Waals surface area contributed by atoms with E-state index in [2.05, 4.69) is 10.3 Å². The molecule has 26 heavy (non-hydrogen) atoms. The fraction of sp³-hybridized carbons (Fsp3) is 0.278. The molecule has 136 valence electrons. The van der Waals surface area contributed by atoms with Crippen molar-refractivity contribution in [1.29, 1.82) is 0 Å². The second-order valence-corrected chi connectivity index (χ2v) is 6.53. The van der Waals surface area contributed by atoms with Gasteiger partial charge >= 0.3 is 5.97 Å². The van der Waals surface area contributed by atoms with Gasteiger partial charge in [0, 0.05) is 10.9 Å². The molecule has 7 nitrogen and oxygen atoms in total. The number of hydrogen-bond acceptors (Lipinski definition) is 7. The van der Waals surface area contributed by atoms with Gasteiger partial charge in [-0.15, -0.1) is 0 Å². The number of rotatable bonds is 5. The first-order chi connectivity index (χ1) is 12.4. The largest absolute Gasteiger partial charge is 0.497 e. The van der Waals surface area contributed by atoms with E-state index in [1.807, 2.05) is 6.07 Å². The highest BCUT2D eigenvalue weighted by molar-refractivity contribution is 7.17. The second kappa shape index (κ2) is 7.17. The van der Waals surface area contributed by atoms with E-state index in [4.69, 9.17) is 13.9 Å². The van der Waals surface area contributed by atoms with Gasteiger partial charge in [-0.25, -0.2) is 9.78 Å². The number of furan rings is 1. The van der Waals surface area contributed by atoms with Crippen LogP contribution < -0.4 is 10.1 Å². The highest BCUT2D eigenvalue weighted by atomic mass is 32.1. The summed E-state index contributed by atoms with van der Waals surface area (Å²) in [5.74, 6) is -0.00128. The first kappa shape index (κ1) is 17.9. The zero-order chi connectivity index (χ0) is 18.8. The van der Waals surface area contributed by atoms with Crippen molar-refractivity contribution in [2.24, 2.45) is 0 Å². The molecule has 2 aromatic heterocycles. The molecule has 3 rings (SSSR count). The van der Waals surface area contributed by atoms with Crippen LogP contribution >= 0.6 is 11.3 Å². The molecule has 8 heteroatoms. The molecule has 2 heterocycles. The number of carbonyl (C=O) groups is 2. The number of esters is 1. The Bertz CT molecular complexity index is 989. The van der Waals surface area contributed by atoms with Crippen LogP contribution in [0.25, 0.3) is 11.0 Å². The minimum absolute atomic E-state index is 0.193. The van der Waals surface area contributed by atoms with Crippen molar-refractivity contribution in [3.05, 3.63) is 40.1 Å². The summed E-state index contributed by atoms with van der Waals surface area (Å²) in [6, 6.07) is 5.34. The van der Waals surface area contributed by atoms with E-state index < -0.39 is 11.9 Å². The van der Waals surface area contributed by atoms with E-state index in [0.29, 0.717) is 32.6 Å². The van der Waals surface area contributed by atoms with Crippen molar-refractivity contribution in [3.8, 4) is 5.75 Å². The number of fused-ring (bicyclic) bond motifs is 1. The van der Waals surface area contributed by atoms with Crippen LogP contribution in [0, 0.1) is 13.8 Å². The summed E-state index contributed by atoms with van der Waals surface area (Å²) in [7, 11) is 1.58. The van der Waals surface area contributed by atoms with E-state index in [1.54, 1.807) is 40.0 Å². The number of carbonyl (C=O) groups excluding carboxylic acids is 2. The lowest BCUT2D eigenvalue weighted by molar-refractivity contribution is 0.0531. The van der Waals surface area contributed by atoms with Crippen molar-refractivity contribution in [2.75, 3.05) is 19.0 Å². The average molecular weight is 374 g/mol. The number of nitrogens with zero attached hydrogens (tertiary/aromatic N) is 1. The summed E-state index contributed by atoms with van der Waals surface area (Å²) in [6.45, 7) is 5.50.